The molecule has 0 aromatic heterocycles. The maximum absolute atomic E-state index is 13.9. The molecule has 38 heavy (non-hydrogen) atoms. The minimum absolute atomic E-state index is 0.0414. The van der Waals surface area contributed by atoms with Crippen molar-refractivity contribution in [2.45, 2.75) is 57.6 Å². The average Bonchev–Trinajstić information content (AvgIpc) is 3.54. The number of unbranched alkanes of at least 4 members (excludes halogenated alkanes) is 2. The molecule has 3 atom stereocenters. The first-order chi connectivity index (χ1) is 18.4. The predicted octanol–water partition coefficient (Wildman–Crippen LogP) is 5.06. The number of carbonyl (C=O) groups is 2. The molecule has 2 heterocycles. The molecule has 0 unspecified atom stereocenters. The van der Waals surface area contributed by atoms with Gasteiger partial charge in [-0.15, -0.1) is 0 Å². The Bertz CT molecular complexity index is 1080. The number of fused-ring (bicyclic) bond motifs is 1. The van der Waals surface area contributed by atoms with Gasteiger partial charge in [-0.2, -0.15) is 0 Å². The number of amides is 1. The van der Waals surface area contributed by atoms with Crippen LogP contribution in [0.3, 0.4) is 0 Å². The third kappa shape index (κ3) is 6.32. The summed E-state index contributed by atoms with van der Waals surface area (Å²) in [6, 6.07) is 12.4. The van der Waals surface area contributed by atoms with E-state index in [2.05, 4.69) is 18.7 Å². The Morgan fingerprint density at radius 3 is 2.29 bits per heavy atom. The van der Waals surface area contributed by atoms with Crippen molar-refractivity contribution in [2.75, 3.05) is 40.1 Å². The molecule has 0 saturated carbocycles. The number of nitrogens with zero attached hydrogens (tertiary/aromatic N) is 2. The number of hydrogen-bond donors (Lipinski definition) is 1. The fraction of sp³-hybridized carbons (Fsp3) is 0.517. The molecule has 2 aliphatic rings. The Morgan fingerprint density at radius 1 is 1.00 bits per heavy atom. The average molecular weight is 527 g/mol. The third-order valence-corrected chi connectivity index (χ3v) is 7.29. The lowest BCUT2D eigenvalue weighted by Crippen LogP contribution is -2.42. The van der Waals surface area contributed by atoms with Crippen molar-refractivity contribution in [1.82, 2.24) is 9.80 Å². The van der Waals surface area contributed by atoms with Gasteiger partial charge in [-0.3, -0.25) is 9.69 Å². The van der Waals surface area contributed by atoms with Crippen LogP contribution < -0.4 is 14.2 Å². The van der Waals surface area contributed by atoms with E-state index < -0.39 is 18.3 Å². The second kappa shape index (κ2) is 12.9. The Hall–Kier alpha value is -3.46. The normalized spacial score (nSPS) is 20.1. The van der Waals surface area contributed by atoms with Crippen molar-refractivity contribution in [1.29, 1.82) is 0 Å². The standard InChI is InChI=1S/C29H38N2O7/c1-4-6-14-30(15-7-5-2)18-26(32)31-17-23(21-10-13-24-25(16-21)37-19-36-24)28(38-29(33)34)27(31)20-8-11-22(35-3)12-9-20/h8-13,16,23,27-28H,4-7,14-15,17-19H2,1-3H3,(H,33,34)/t23-,27-,28+/m1/s1. The summed E-state index contributed by atoms with van der Waals surface area (Å²) in [7, 11) is 1.59. The molecule has 0 spiro atoms. The summed E-state index contributed by atoms with van der Waals surface area (Å²) in [4.78, 5) is 29.8. The number of ether oxygens (including phenoxy) is 4. The number of carbonyl (C=O) groups excluding carboxylic acids is 1. The molecule has 1 N–H and O–H groups in total. The van der Waals surface area contributed by atoms with E-state index in [1.165, 1.54) is 0 Å². The smallest absolute Gasteiger partial charge is 0.497 e. The van der Waals surface area contributed by atoms with E-state index in [9.17, 15) is 14.7 Å². The number of rotatable bonds is 12. The molecular weight excluding hydrogens is 488 g/mol. The van der Waals surface area contributed by atoms with Crippen LogP contribution in [0.25, 0.3) is 0 Å². The second-order valence-corrected chi connectivity index (χ2v) is 9.81. The van der Waals surface area contributed by atoms with Crippen LogP contribution >= 0.6 is 0 Å². The van der Waals surface area contributed by atoms with Crippen molar-refractivity contribution in [3.05, 3.63) is 53.6 Å². The summed E-state index contributed by atoms with van der Waals surface area (Å²) >= 11 is 0. The van der Waals surface area contributed by atoms with Crippen LogP contribution in [0.1, 0.15) is 62.6 Å². The summed E-state index contributed by atoms with van der Waals surface area (Å²) in [6.45, 7) is 6.73. The van der Waals surface area contributed by atoms with Crippen molar-refractivity contribution in [3.8, 4) is 17.2 Å². The molecule has 4 rings (SSSR count). The largest absolute Gasteiger partial charge is 0.506 e. The van der Waals surface area contributed by atoms with Crippen LogP contribution in [0.15, 0.2) is 42.5 Å². The Morgan fingerprint density at radius 2 is 1.66 bits per heavy atom. The monoisotopic (exact) mass is 526 g/mol. The molecule has 1 amide bonds. The third-order valence-electron chi connectivity index (χ3n) is 7.29. The van der Waals surface area contributed by atoms with Crippen LogP contribution in [0.5, 0.6) is 17.2 Å². The van der Waals surface area contributed by atoms with Crippen molar-refractivity contribution < 1.29 is 33.6 Å². The van der Waals surface area contributed by atoms with E-state index >= 15 is 0 Å². The highest BCUT2D eigenvalue weighted by atomic mass is 16.7. The summed E-state index contributed by atoms with van der Waals surface area (Å²) in [5.41, 5.74) is 1.63. The SMILES string of the molecule is CCCCN(CCCC)CC(=O)N1C[C@H](c2ccc3c(c2)OCO3)[C@H](OC(=O)O)[C@H]1c1ccc(OC)cc1. The van der Waals surface area contributed by atoms with Gasteiger partial charge in [-0.1, -0.05) is 44.9 Å². The van der Waals surface area contributed by atoms with Gasteiger partial charge in [0.15, 0.2) is 11.5 Å². The highest BCUT2D eigenvalue weighted by Gasteiger charge is 2.48. The zero-order valence-electron chi connectivity index (χ0n) is 22.4. The molecule has 9 heteroatoms. The van der Waals surface area contributed by atoms with E-state index in [-0.39, 0.29) is 25.2 Å². The Balaban J connectivity index is 1.69. The fourth-order valence-electron chi connectivity index (χ4n) is 5.27. The van der Waals surface area contributed by atoms with E-state index in [1.54, 1.807) is 12.0 Å². The molecule has 2 aromatic carbocycles. The number of likely N-dealkylation sites (tertiary alicyclic amines) is 1. The van der Waals surface area contributed by atoms with Crippen LogP contribution in [0, 0.1) is 0 Å². The van der Waals surface area contributed by atoms with Crippen molar-refractivity contribution >= 4 is 12.1 Å². The molecule has 1 saturated heterocycles. The van der Waals surface area contributed by atoms with Gasteiger partial charge >= 0.3 is 6.16 Å². The molecule has 0 radical (unpaired) electrons. The number of benzene rings is 2. The van der Waals surface area contributed by atoms with Crippen molar-refractivity contribution in [2.24, 2.45) is 0 Å². The molecule has 9 nitrogen and oxygen atoms in total. The van der Waals surface area contributed by atoms with Crippen LogP contribution in [-0.2, 0) is 9.53 Å². The van der Waals surface area contributed by atoms with Gasteiger partial charge < -0.3 is 29.0 Å². The van der Waals surface area contributed by atoms with Crippen LogP contribution in [0.4, 0.5) is 4.79 Å². The number of hydrogen-bond acceptors (Lipinski definition) is 7. The minimum atomic E-state index is -1.37. The lowest BCUT2D eigenvalue weighted by atomic mass is 9.90. The number of carboxylic acid groups (broad SMARTS) is 1. The molecular formula is C29H38N2O7. The minimum Gasteiger partial charge on any atom is -0.497 e. The van der Waals surface area contributed by atoms with E-state index in [0.717, 1.165) is 49.9 Å². The Labute approximate surface area is 224 Å². The molecule has 0 aliphatic carbocycles. The Kier molecular flexibility index (Phi) is 9.33. The maximum atomic E-state index is 13.9. The quantitative estimate of drug-likeness (QED) is 0.384. The fourth-order valence-corrected chi connectivity index (χ4v) is 5.27. The van der Waals surface area contributed by atoms with Gasteiger partial charge in [0.05, 0.1) is 19.7 Å². The maximum Gasteiger partial charge on any atom is 0.506 e. The first-order valence-corrected chi connectivity index (χ1v) is 13.4. The zero-order chi connectivity index (χ0) is 27.1. The highest BCUT2D eigenvalue weighted by molar-refractivity contribution is 5.79. The van der Waals surface area contributed by atoms with Crippen molar-refractivity contribution in [3.63, 3.8) is 0 Å². The van der Waals surface area contributed by atoms with Crippen LogP contribution in [-0.4, -0.2) is 73.2 Å². The van der Waals surface area contributed by atoms with Gasteiger partial charge in [-0.25, -0.2) is 4.79 Å². The molecule has 2 aliphatic heterocycles. The summed E-state index contributed by atoms with van der Waals surface area (Å²) in [5.74, 6) is 1.51. The van der Waals surface area contributed by atoms with Gasteiger partial charge in [0, 0.05) is 12.5 Å². The van der Waals surface area contributed by atoms with Gasteiger partial charge in [-0.05, 0) is 61.3 Å². The molecule has 2 aromatic rings. The van der Waals surface area contributed by atoms with Gasteiger partial charge in [0.25, 0.3) is 0 Å². The van der Waals surface area contributed by atoms with E-state index in [1.807, 2.05) is 42.5 Å². The van der Waals surface area contributed by atoms with Gasteiger partial charge in [0.2, 0.25) is 12.7 Å². The second-order valence-electron chi connectivity index (χ2n) is 9.81. The first-order valence-electron chi connectivity index (χ1n) is 13.4. The lowest BCUT2D eigenvalue weighted by molar-refractivity contribution is -0.134. The highest BCUT2D eigenvalue weighted by Crippen LogP contribution is 2.45. The number of methoxy groups -OCH3 is 1. The molecule has 0 bridgehead atoms. The summed E-state index contributed by atoms with van der Waals surface area (Å²) in [5, 5.41) is 9.71. The predicted molar refractivity (Wildman–Crippen MR) is 142 cm³/mol. The molecule has 1 fully saturated rings. The lowest BCUT2D eigenvalue weighted by Gasteiger charge is -2.30. The first kappa shape index (κ1) is 27.6. The topological polar surface area (TPSA) is 97.8 Å². The molecule has 206 valence electrons. The van der Waals surface area contributed by atoms with E-state index in [4.69, 9.17) is 18.9 Å². The van der Waals surface area contributed by atoms with Gasteiger partial charge in [0.1, 0.15) is 11.9 Å². The van der Waals surface area contributed by atoms with E-state index in [0.29, 0.717) is 23.8 Å². The van der Waals surface area contributed by atoms with Crippen LogP contribution in [0.2, 0.25) is 0 Å². The zero-order valence-corrected chi connectivity index (χ0v) is 22.4. The summed E-state index contributed by atoms with van der Waals surface area (Å²) < 4.78 is 21.9. The summed E-state index contributed by atoms with van der Waals surface area (Å²) in [6.07, 6.45) is 1.96.